The van der Waals surface area contributed by atoms with Gasteiger partial charge in [-0.3, -0.25) is 4.57 Å². The normalized spacial score (nSPS) is 11.6. The van der Waals surface area contributed by atoms with Crippen molar-refractivity contribution in [2.45, 2.75) is 50.2 Å². The molecule has 0 saturated carbocycles. The number of thiophene rings is 1. The highest BCUT2D eigenvalue weighted by Gasteiger charge is 2.15. The molecular weight excluding hydrogens is 456 g/mol. The lowest BCUT2D eigenvalue weighted by Crippen LogP contribution is -2.11. The molecule has 166 valence electrons. The van der Waals surface area contributed by atoms with Crippen LogP contribution in [0.25, 0.3) is 9.88 Å². The van der Waals surface area contributed by atoms with Gasteiger partial charge in [0, 0.05) is 17.7 Å². The molecule has 4 aromatic rings. The second-order valence-electron chi connectivity index (χ2n) is 8.27. The van der Waals surface area contributed by atoms with E-state index in [9.17, 15) is 0 Å². The van der Waals surface area contributed by atoms with E-state index in [0.717, 1.165) is 33.2 Å². The Hall–Kier alpha value is -2.42. The zero-order valence-corrected chi connectivity index (χ0v) is 20.9. The fraction of sp³-hybridized carbons (Fsp3) is 0.292. The van der Waals surface area contributed by atoms with Gasteiger partial charge in [0.15, 0.2) is 11.0 Å². The molecule has 0 spiro atoms. The van der Waals surface area contributed by atoms with Crippen LogP contribution in [-0.4, -0.2) is 19.7 Å². The van der Waals surface area contributed by atoms with Gasteiger partial charge in [-0.2, -0.15) is 0 Å². The molecule has 0 fully saturated rings. The maximum atomic E-state index is 5.99. The van der Waals surface area contributed by atoms with Gasteiger partial charge >= 0.3 is 0 Å². The molecule has 4 rings (SSSR count). The third kappa shape index (κ3) is 5.49. The van der Waals surface area contributed by atoms with Crippen LogP contribution >= 0.6 is 34.4 Å². The molecule has 0 radical (unpaired) electrons. The summed E-state index contributed by atoms with van der Waals surface area (Å²) in [5.74, 6) is 2.35. The van der Waals surface area contributed by atoms with Crippen molar-refractivity contribution < 1.29 is 4.74 Å². The Balaban J connectivity index is 1.40. The molecule has 3 aromatic heterocycles. The molecule has 0 bridgehead atoms. The highest BCUT2D eigenvalue weighted by Crippen LogP contribution is 2.30. The summed E-state index contributed by atoms with van der Waals surface area (Å²) in [7, 11) is 0. The standard InChI is InChI=1S/C24H26N4OS3/c1-5-12-28-21(14-29-19-10-8-17(9-11-19)24(2,3)4)26-27-23(28)32-16-18-15-31-22(25-18)20-7-6-13-30-20/h5-11,13,15H,1,12,14,16H2,2-4H3. The fourth-order valence-corrected chi connectivity index (χ4v) is 5.67. The SMILES string of the molecule is C=CCn1c(COc2ccc(C(C)(C)C)cc2)nnc1SCc1csc(-c2cccs2)n1. The van der Waals surface area contributed by atoms with Crippen LogP contribution in [0, 0.1) is 0 Å². The lowest BCUT2D eigenvalue weighted by Gasteiger charge is -2.19. The average Bonchev–Trinajstić information content (AvgIpc) is 3.52. The molecule has 0 aliphatic heterocycles. The number of thioether (sulfide) groups is 1. The highest BCUT2D eigenvalue weighted by atomic mass is 32.2. The number of rotatable bonds is 9. The van der Waals surface area contributed by atoms with Gasteiger partial charge in [-0.15, -0.1) is 39.4 Å². The number of hydrogen-bond donors (Lipinski definition) is 0. The van der Waals surface area contributed by atoms with E-state index < -0.39 is 0 Å². The van der Waals surface area contributed by atoms with Gasteiger partial charge in [0.2, 0.25) is 0 Å². The summed E-state index contributed by atoms with van der Waals surface area (Å²) in [6.45, 7) is 11.5. The smallest absolute Gasteiger partial charge is 0.191 e. The van der Waals surface area contributed by atoms with E-state index in [1.54, 1.807) is 34.4 Å². The number of allylic oxidation sites excluding steroid dienone is 1. The van der Waals surface area contributed by atoms with E-state index in [4.69, 9.17) is 9.72 Å². The van der Waals surface area contributed by atoms with E-state index in [2.05, 4.69) is 72.6 Å². The Labute approximate surface area is 201 Å². The summed E-state index contributed by atoms with van der Waals surface area (Å²) >= 11 is 5.02. The summed E-state index contributed by atoms with van der Waals surface area (Å²) in [6, 6.07) is 12.4. The molecule has 0 amide bonds. The Bertz CT molecular complexity index is 1160. The van der Waals surface area contributed by atoms with E-state index in [0.29, 0.717) is 13.2 Å². The minimum atomic E-state index is 0.122. The Kier molecular flexibility index (Phi) is 7.13. The zero-order chi connectivity index (χ0) is 22.6. The quantitative estimate of drug-likeness (QED) is 0.194. The molecular formula is C24H26N4OS3. The third-order valence-corrected chi connectivity index (χ3v) is 7.76. The molecule has 0 aliphatic carbocycles. The summed E-state index contributed by atoms with van der Waals surface area (Å²) in [5.41, 5.74) is 2.45. The van der Waals surface area contributed by atoms with E-state index in [-0.39, 0.29) is 5.41 Å². The summed E-state index contributed by atoms with van der Waals surface area (Å²) in [5, 5.41) is 14.9. The second kappa shape index (κ2) is 10.0. The number of benzene rings is 1. The predicted octanol–water partition coefficient (Wildman–Crippen LogP) is 6.82. The molecule has 0 atom stereocenters. The van der Waals surface area contributed by atoms with E-state index in [1.165, 1.54) is 10.4 Å². The molecule has 8 heteroatoms. The molecule has 32 heavy (non-hydrogen) atoms. The van der Waals surface area contributed by atoms with Crippen LogP contribution in [0.5, 0.6) is 5.75 Å². The first kappa shape index (κ1) is 22.8. The molecule has 5 nitrogen and oxygen atoms in total. The number of hydrogen-bond acceptors (Lipinski definition) is 7. The zero-order valence-electron chi connectivity index (χ0n) is 18.4. The van der Waals surface area contributed by atoms with Crippen LogP contribution in [0.4, 0.5) is 0 Å². The molecule has 0 N–H and O–H groups in total. The van der Waals surface area contributed by atoms with Crippen molar-refractivity contribution in [1.82, 2.24) is 19.7 Å². The van der Waals surface area contributed by atoms with Gasteiger partial charge in [-0.25, -0.2) is 4.98 Å². The van der Waals surface area contributed by atoms with Crippen molar-refractivity contribution in [3.05, 3.63) is 76.9 Å². The van der Waals surface area contributed by atoms with Crippen molar-refractivity contribution in [2.24, 2.45) is 0 Å². The van der Waals surface area contributed by atoms with Crippen LogP contribution in [0.3, 0.4) is 0 Å². The molecule has 0 aliphatic rings. The maximum Gasteiger partial charge on any atom is 0.191 e. The summed E-state index contributed by atoms with van der Waals surface area (Å²) < 4.78 is 8.04. The van der Waals surface area contributed by atoms with E-state index >= 15 is 0 Å². The topological polar surface area (TPSA) is 52.8 Å². The van der Waals surface area contributed by atoms with Crippen LogP contribution < -0.4 is 4.74 Å². The van der Waals surface area contributed by atoms with Gasteiger partial charge in [0.05, 0.1) is 10.6 Å². The van der Waals surface area contributed by atoms with Crippen molar-refractivity contribution in [1.29, 1.82) is 0 Å². The van der Waals surface area contributed by atoms with Gasteiger partial charge in [-0.1, -0.05) is 56.8 Å². The number of nitrogens with zero attached hydrogens (tertiary/aromatic N) is 4. The molecule has 3 heterocycles. The number of ether oxygens (including phenoxy) is 1. The highest BCUT2D eigenvalue weighted by molar-refractivity contribution is 7.98. The number of thiazole rings is 1. The number of aromatic nitrogens is 4. The van der Waals surface area contributed by atoms with Crippen molar-refractivity contribution >= 4 is 34.4 Å². The lowest BCUT2D eigenvalue weighted by atomic mass is 9.87. The maximum absolute atomic E-state index is 5.99. The largest absolute Gasteiger partial charge is 0.486 e. The predicted molar refractivity (Wildman–Crippen MR) is 135 cm³/mol. The monoisotopic (exact) mass is 482 g/mol. The van der Waals surface area contributed by atoms with Crippen LogP contribution in [0.2, 0.25) is 0 Å². The van der Waals surface area contributed by atoms with Crippen molar-refractivity contribution in [2.75, 3.05) is 0 Å². The molecule has 1 aromatic carbocycles. The Morgan fingerprint density at radius 3 is 2.62 bits per heavy atom. The first-order valence-corrected chi connectivity index (χ1v) is 13.1. The minimum absolute atomic E-state index is 0.122. The van der Waals surface area contributed by atoms with Gasteiger partial charge in [0.1, 0.15) is 17.4 Å². The van der Waals surface area contributed by atoms with Crippen LogP contribution in [0.15, 0.2) is 65.0 Å². The Morgan fingerprint density at radius 1 is 1.12 bits per heavy atom. The summed E-state index contributed by atoms with van der Waals surface area (Å²) in [6.07, 6.45) is 1.85. The van der Waals surface area contributed by atoms with E-state index in [1.807, 2.05) is 22.8 Å². The molecule has 0 saturated heterocycles. The lowest BCUT2D eigenvalue weighted by molar-refractivity contribution is 0.289. The average molecular weight is 483 g/mol. The van der Waals surface area contributed by atoms with Crippen LogP contribution in [0.1, 0.15) is 37.9 Å². The Morgan fingerprint density at radius 2 is 1.94 bits per heavy atom. The van der Waals surface area contributed by atoms with Gasteiger partial charge in [0.25, 0.3) is 0 Å². The van der Waals surface area contributed by atoms with Crippen LogP contribution in [-0.2, 0) is 24.3 Å². The fourth-order valence-electron chi connectivity index (χ4n) is 3.07. The second-order valence-corrected chi connectivity index (χ2v) is 11.0. The summed E-state index contributed by atoms with van der Waals surface area (Å²) in [4.78, 5) is 5.96. The van der Waals surface area contributed by atoms with Gasteiger partial charge in [-0.05, 0) is 34.6 Å². The first-order chi connectivity index (χ1) is 15.4. The minimum Gasteiger partial charge on any atom is -0.486 e. The first-order valence-electron chi connectivity index (χ1n) is 10.3. The third-order valence-electron chi connectivity index (χ3n) is 4.83. The van der Waals surface area contributed by atoms with Crippen molar-refractivity contribution in [3.63, 3.8) is 0 Å². The van der Waals surface area contributed by atoms with Crippen molar-refractivity contribution in [3.8, 4) is 15.6 Å². The van der Waals surface area contributed by atoms with Gasteiger partial charge < -0.3 is 4.74 Å². The molecule has 0 unspecified atom stereocenters.